The second-order valence-electron chi connectivity index (χ2n) is 3.89. The van der Waals surface area contributed by atoms with Gasteiger partial charge < -0.3 is 15.0 Å². The average molecular weight is 383 g/mol. The fraction of sp³-hybridized carbons (Fsp3) is 0.417. The second kappa shape index (κ2) is 7.16. The normalized spacial score (nSPS) is 14.9. The third-order valence-corrected chi connectivity index (χ3v) is 3.70. The molecule has 1 aromatic carbocycles. The third kappa shape index (κ3) is 3.49. The first-order valence-corrected chi connectivity index (χ1v) is 6.64. The third-order valence-electron chi connectivity index (χ3n) is 2.81. The zero-order chi connectivity index (χ0) is 12.3. The Morgan fingerprint density at radius 3 is 2.61 bits per heavy atom. The first-order valence-electron chi connectivity index (χ1n) is 5.56. The van der Waals surface area contributed by atoms with E-state index in [1.54, 1.807) is 7.11 Å². The van der Waals surface area contributed by atoms with E-state index in [-0.39, 0.29) is 18.3 Å². The van der Waals surface area contributed by atoms with Crippen LogP contribution >= 0.6 is 35.0 Å². The molecule has 2 rings (SSSR count). The number of carbonyl (C=O) groups is 1. The van der Waals surface area contributed by atoms with Gasteiger partial charge in [0.1, 0.15) is 5.75 Å². The van der Waals surface area contributed by atoms with E-state index in [2.05, 4.69) is 27.9 Å². The highest BCUT2D eigenvalue weighted by atomic mass is 127. The number of hydrogen-bond donors (Lipinski definition) is 1. The molecular weight excluding hydrogens is 367 g/mol. The number of halogens is 2. The van der Waals surface area contributed by atoms with Crippen LogP contribution in [-0.4, -0.2) is 44.1 Å². The zero-order valence-electron chi connectivity index (χ0n) is 10.1. The van der Waals surface area contributed by atoms with Gasteiger partial charge in [-0.15, -0.1) is 12.4 Å². The number of nitrogens with zero attached hydrogens (tertiary/aromatic N) is 1. The van der Waals surface area contributed by atoms with Gasteiger partial charge in [-0.05, 0) is 40.8 Å². The quantitative estimate of drug-likeness (QED) is 0.793. The highest BCUT2D eigenvalue weighted by Crippen LogP contribution is 2.21. The van der Waals surface area contributed by atoms with Gasteiger partial charge in [0.25, 0.3) is 5.91 Å². The molecule has 1 fully saturated rings. The molecule has 0 saturated carbocycles. The number of amides is 1. The van der Waals surface area contributed by atoms with Crippen LogP contribution in [0.2, 0.25) is 0 Å². The van der Waals surface area contributed by atoms with E-state index in [1.165, 1.54) is 0 Å². The second-order valence-corrected chi connectivity index (χ2v) is 5.05. The minimum atomic E-state index is 0. The smallest absolute Gasteiger partial charge is 0.255 e. The van der Waals surface area contributed by atoms with Crippen LogP contribution in [0, 0.1) is 3.57 Å². The van der Waals surface area contributed by atoms with Crippen molar-refractivity contribution in [3.05, 3.63) is 27.3 Å². The summed E-state index contributed by atoms with van der Waals surface area (Å²) < 4.78 is 6.07. The number of carbonyl (C=O) groups excluding carboxylic acids is 1. The van der Waals surface area contributed by atoms with Crippen LogP contribution < -0.4 is 10.1 Å². The summed E-state index contributed by atoms with van der Waals surface area (Å²) in [5.41, 5.74) is 0.758. The molecule has 1 aromatic rings. The summed E-state index contributed by atoms with van der Waals surface area (Å²) in [5, 5.41) is 3.24. The Balaban J connectivity index is 0.00000162. The minimum absolute atomic E-state index is 0. The first kappa shape index (κ1) is 15.5. The van der Waals surface area contributed by atoms with Crippen LogP contribution in [0.4, 0.5) is 0 Å². The SMILES string of the molecule is COc1ccc(C(=O)N2CCNCC2)c(I)c1.Cl. The monoisotopic (exact) mass is 382 g/mol. The van der Waals surface area contributed by atoms with E-state index in [0.717, 1.165) is 41.1 Å². The number of ether oxygens (including phenoxy) is 1. The number of rotatable bonds is 2. The Hall–Kier alpha value is -0.530. The van der Waals surface area contributed by atoms with E-state index in [9.17, 15) is 4.79 Å². The summed E-state index contributed by atoms with van der Waals surface area (Å²) in [6, 6.07) is 5.55. The molecule has 0 atom stereocenters. The molecule has 1 aliphatic rings. The van der Waals surface area contributed by atoms with Gasteiger partial charge in [0.2, 0.25) is 0 Å². The summed E-state index contributed by atoms with van der Waals surface area (Å²) in [4.78, 5) is 14.2. The van der Waals surface area contributed by atoms with E-state index in [0.29, 0.717) is 0 Å². The maximum absolute atomic E-state index is 12.3. The average Bonchev–Trinajstić information content (AvgIpc) is 2.39. The summed E-state index contributed by atoms with van der Waals surface area (Å²) in [7, 11) is 1.63. The molecule has 1 heterocycles. The highest BCUT2D eigenvalue weighted by Gasteiger charge is 2.19. The largest absolute Gasteiger partial charge is 0.497 e. The van der Waals surface area contributed by atoms with Crippen molar-refractivity contribution in [2.45, 2.75) is 0 Å². The van der Waals surface area contributed by atoms with Gasteiger partial charge >= 0.3 is 0 Å². The summed E-state index contributed by atoms with van der Waals surface area (Å²) in [5.74, 6) is 0.893. The van der Waals surface area contributed by atoms with Crippen LogP contribution in [-0.2, 0) is 0 Å². The number of methoxy groups -OCH3 is 1. The summed E-state index contributed by atoms with van der Waals surface area (Å²) in [6.07, 6.45) is 0. The van der Waals surface area contributed by atoms with Crippen molar-refractivity contribution >= 4 is 40.9 Å². The van der Waals surface area contributed by atoms with Crippen molar-refractivity contribution in [1.82, 2.24) is 10.2 Å². The highest BCUT2D eigenvalue weighted by molar-refractivity contribution is 14.1. The van der Waals surface area contributed by atoms with E-state index >= 15 is 0 Å². The standard InChI is InChI=1S/C12H15IN2O2.ClH/c1-17-9-2-3-10(11(13)8-9)12(16)15-6-4-14-5-7-15;/h2-3,8,14H,4-7H2,1H3;1H. The molecule has 1 saturated heterocycles. The predicted octanol–water partition coefficient (Wildman–Crippen LogP) is 1.77. The molecule has 4 nitrogen and oxygen atoms in total. The van der Waals surface area contributed by atoms with E-state index in [4.69, 9.17) is 4.74 Å². The lowest BCUT2D eigenvalue weighted by Gasteiger charge is -2.27. The van der Waals surface area contributed by atoms with Crippen LogP contribution in [0.5, 0.6) is 5.75 Å². The molecule has 1 aliphatic heterocycles. The summed E-state index contributed by atoms with van der Waals surface area (Å²) in [6.45, 7) is 3.30. The molecule has 100 valence electrons. The van der Waals surface area contributed by atoms with Crippen LogP contribution in [0.3, 0.4) is 0 Å². The zero-order valence-corrected chi connectivity index (χ0v) is 13.1. The van der Waals surface area contributed by atoms with Gasteiger partial charge in [-0.3, -0.25) is 4.79 Å². The maximum atomic E-state index is 12.3. The van der Waals surface area contributed by atoms with Crippen molar-refractivity contribution in [3.8, 4) is 5.75 Å². The van der Waals surface area contributed by atoms with E-state index < -0.39 is 0 Å². The van der Waals surface area contributed by atoms with E-state index in [1.807, 2.05) is 23.1 Å². The maximum Gasteiger partial charge on any atom is 0.255 e. The Kier molecular flexibility index (Phi) is 6.17. The molecule has 0 bridgehead atoms. The Labute approximate surface area is 127 Å². The molecule has 0 unspecified atom stereocenters. The van der Waals surface area contributed by atoms with Crippen molar-refractivity contribution in [2.75, 3.05) is 33.3 Å². The molecule has 6 heteroatoms. The Morgan fingerprint density at radius 1 is 1.39 bits per heavy atom. The van der Waals surface area contributed by atoms with Crippen LogP contribution in [0.25, 0.3) is 0 Å². The van der Waals surface area contributed by atoms with Crippen molar-refractivity contribution in [1.29, 1.82) is 0 Å². The lowest BCUT2D eigenvalue weighted by Crippen LogP contribution is -2.46. The molecule has 0 aliphatic carbocycles. The molecule has 0 radical (unpaired) electrons. The molecule has 1 amide bonds. The lowest BCUT2D eigenvalue weighted by atomic mass is 10.2. The predicted molar refractivity (Wildman–Crippen MR) is 81.7 cm³/mol. The van der Waals surface area contributed by atoms with Crippen molar-refractivity contribution in [2.24, 2.45) is 0 Å². The fourth-order valence-electron chi connectivity index (χ4n) is 1.83. The fourth-order valence-corrected chi connectivity index (χ4v) is 2.55. The van der Waals surface area contributed by atoms with Crippen molar-refractivity contribution < 1.29 is 9.53 Å². The number of nitrogens with one attached hydrogen (secondary N) is 1. The van der Waals surface area contributed by atoms with Gasteiger partial charge in [-0.1, -0.05) is 0 Å². The molecular formula is C12H16ClIN2O2. The number of benzene rings is 1. The minimum Gasteiger partial charge on any atom is -0.497 e. The van der Waals surface area contributed by atoms with Gasteiger partial charge in [-0.2, -0.15) is 0 Å². The van der Waals surface area contributed by atoms with Gasteiger partial charge in [0.15, 0.2) is 0 Å². The topological polar surface area (TPSA) is 41.6 Å². The number of hydrogen-bond acceptors (Lipinski definition) is 3. The first-order chi connectivity index (χ1) is 8.22. The summed E-state index contributed by atoms with van der Waals surface area (Å²) >= 11 is 2.18. The number of piperazine rings is 1. The molecule has 1 N–H and O–H groups in total. The van der Waals surface area contributed by atoms with Crippen molar-refractivity contribution in [3.63, 3.8) is 0 Å². The van der Waals surface area contributed by atoms with Gasteiger partial charge in [-0.25, -0.2) is 0 Å². The van der Waals surface area contributed by atoms with Gasteiger partial charge in [0, 0.05) is 29.7 Å². The lowest BCUT2D eigenvalue weighted by molar-refractivity contribution is 0.0734. The molecule has 0 aromatic heterocycles. The Bertz CT molecular complexity index is 423. The molecule has 0 spiro atoms. The van der Waals surface area contributed by atoms with Crippen LogP contribution in [0.15, 0.2) is 18.2 Å². The van der Waals surface area contributed by atoms with Crippen LogP contribution in [0.1, 0.15) is 10.4 Å². The van der Waals surface area contributed by atoms with Gasteiger partial charge in [0.05, 0.1) is 12.7 Å². The Morgan fingerprint density at radius 2 is 2.06 bits per heavy atom. The molecule has 18 heavy (non-hydrogen) atoms.